The number of para-hydroxylation sites is 1. The van der Waals surface area contributed by atoms with Crippen LogP contribution in [0, 0.1) is 6.92 Å². The van der Waals surface area contributed by atoms with Crippen molar-refractivity contribution >= 4 is 11.8 Å². The van der Waals surface area contributed by atoms with Gasteiger partial charge in [0.25, 0.3) is 11.8 Å². The fraction of sp³-hybridized carbons (Fsp3) is 0.333. The van der Waals surface area contributed by atoms with Crippen molar-refractivity contribution in [3.63, 3.8) is 0 Å². The Balaban J connectivity index is 1.33. The van der Waals surface area contributed by atoms with Gasteiger partial charge in [-0.25, -0.2) is 4.68 Å². The summed E-state index contributed by atoms with van der Waals surface area (Å²) in [6.45, 7) is 5.51. The van der Waals surface area contributed by atoms with Crippen LogP contribution in [0.2, 0.25) is 0 Å². The number of piperidine rings is 1. The minimum atomic E-state index is -0.153. The van der Waals surface area contributed by atoms with Crippen molar-refractivity contribution in [2.24, 2.45) is 0 Å². The summed E-state index contributed by atoms with van der Waals surface area (Å²) < 4.78 is 7.16. The second-order valence-electron chi connectivity index (χ2n) is 7.85. The molecule has 1 N–H and O–H groups in total. The maximum absolute atomic E-state index is 12.9. The molecule has 1 saturated heterocycles. The van der Waals surface area contributed by atoms with E-state index in [4.69, 9.17) is 4.74 Å². The van der Waals surface area contributed by atoms with Gasteiger partial charge < -0.3 is 15.0 Å². The summed E-state index contributed by atoms with van der Waals surface area (Å²) in [5, 5.41) is 11.2. The van der Waals surface area contributed by atoms with Crippen molar-refractivity contribution in [3.8, 4) is 11.4 Å². The minimum Gasteiger partial charge on any atom is -0.493 e. The highest BCUT2D eigenvalue weighted by atomic mass is 16.5. The first kappa shape index (κ1) is 21.5. The molecule has 4 rings (SSSR count). The normalized spacial score (nSPS) is 14.2. The first-order valence-electron chi connectivity index (χ1n) is 10.9. The molecule has 0 spiro atoms. The summed E-state index contributed by atoms with van der Waals surface area (Å²) in [5.74, 6) is 0.284. The van der Waals surface area contributed by atoms with Crippen LogP contribution in [0.1, 0.15) is 46.2 Å². The quantitative estimate of drug-likeness (QED) is 0.646. The number of nitrogens with zero attached hydrogens (tertiary/aromatic N) is 4. The number of nitrogens with one attached hydrogen (secondary N) is 1. The zero-order valence-corrected chi connectivity index (χ0v) is 18.3. The number of carbonyl (C=O) groups excluding carboxylic acids is 2. The van der Waals surface area contributed by atoms with Gasteiger partial charge in [-0.2, -0.15) is 0 Å². The molecule has 2 amide bonds. The predicted molar refractivity (Wildman–Crippen MR) is 120 cm³/mol. The molecule has 32 heavy (non-hydrogen) atoms. The molecular formula is C24H27N5O3. The van der Waals surface area contributed by atoms with Gasteiger partial charge in [-0.1, -0.05) is 35.0 Å². The average molecular weight is 434 g/mol. The topological polar surface area (TPSA) is 89.4 Å². The van der Waals surface area contributed by atoms with Gasteiger partial charge in [-0.3, -0.25) is 9.59 Å². The lowest BCUT2D eigenvalue weighted by Gasteiger charge is -2.32. The molecule has 1 aliphatic heterocycles. The zero-order valence-electron chi connectivity index (χ0n) is 18.3. The van der Waals surface area contributed by atoms with Crippen molar-refractivity contribution in [2.45, 2.75) is 32.7 Å². The van der Waals surface area contributed by atoms with Gasteiger partial charge in [0.15, 0.2) is 5.69 Å². The van der Waals surface area contributed by atoms with Crippen molar-refractivity contribution < 1.29 is 14.3 Å². The van der Waals surface area contributed by atoms with E-state index < -0.39 is 0 Å². The molecule has 0 unspecified atom stereocenters. The summed E-state index contributed by atoms with van der Waals surface area (Å²) in [5.41, 5.74) is 2.86. The molecule has 166 valence electrons. The van der Waals surface area contributed by atoms with Gasteiger partial charge in [0, 0.05) is 19.1 Å². The van der Waals surface area contributed by atoms with Crippen LogP contribution in [0.4, 0.5) is 0 Å². The molecule has 0 saturated carbocycles. The Kier molecular flexibility index (Phi) is 6.49. The Hall–Kier alpha value is -3.68. The number of benzene rings is 2. The summed E-state index contributed by atoms with van der Waals surface area (Å²) >= 11 is 0. The molecule has 8 heteroatoms. The Bertz CT molecular complexity index is 1090. The lowest BCUT2D eigenvalue weighted by atomic mass is 10.0. The molecule has 1 aromatic heterocycles. The van der Waals surface area contributed by atoms with E-state index in [-0.39, 0.29) is 17.9 Å². The van der Waals surface area contributed by atoms with Crippen molar-refractivity contribution in [3.05, 3.63) is 71.5 Å². The van der Waals surface area contributed by atoms with E-state index in [1.165, 1.54) is 0 Å². The average Bonchev–Trinajstić information content (AvgIpc) is 3.30. The third-order valence-electron chi connectivity index (χ3n) is 5.56. The lowest BCUT2D eigenvalue weighted by molar-refractivity contribution is 0.0692. The van der Waals surface area contributed by atoms with Crippen LogP contribution in [-0.2, 0) is 0 Å². The molecule has 0 aliphatic carbocycles. The van der Waals surface area contributed by atoms with Gasteiger partial charge in [0.05, 0.1) is 24.1 Å². The summed E-state index contributed by atoms with van der Waals surface area (Å²) in [7, 11) is 0. The van der Waals surface area contributed by atoms with E-state index in [9.17, 15) is 9.59 Å². The molecule has 0 atom stereocenters. The largest absolute Gasteiger partial charge is 0.493 e. The number of likely N-dealkylation sites (tertiary alicyclic amines) is 1. The molecule has 2 heterocycles. The van der Waals surface area contributed by atoms with Crippen LogP contribution in [0.25, 0.3) is 5.69 Å². The Morgan fingerprint density at radius 2 is 1.81 bits per heavy atom. The van der Waals surface area contributed by atoms with Gasteiger partial charge in [-0.05, 0) is 51.0 Å². The molecule has 8 nitrogen and oxygen atoms in total. The minimum absolute atomic E-state index is 0.00414. The lowest BCUT2D eigenvalue weighted by Crippen LogP contribution is -2.46. The fourth-order valence-corrected chi connectivity index (χ4v) is 3.77. The number of ether oxygens (including phenoxy) is 1. The van der Waals surface area contributed by atoms with Crippen molar-refractivity contribution in [2.75, 3.05) is 19.7 Å². The standard InChI is InChI=1S/C24H27N5O3/c1-3-32-22-7-5-4-6-20(22)23(30)25-18-12-14-28(15-13-18)24(31)21-16-29(27-26-21)19-10-8-17(2)9-11-19/h4-11,16,18H,3,12-15H2,1-2H3,(H,25,30). The van der Waals surface area contributed by atoms with Gasteiger partial charge in [0.2, 0.25) is 0 Å². The third-order valence-corrected chi connectivity index (χ3v) is 5.56. The van der Waals surface area contributed by atoms with Crippen molar-refractivity contribution in [1.29, 1.82) is 0 Å². The first-order chi connectivity index (χ1) is 15.5. The van der Waals surface area contributed by atoms with Crippen LogP contribution in [-0.4, -0.2) is 57.4 Å². The van der Waals surface area contributed by atoms with Gasteiger partial charge in [-0.15, -0.1) is 5.10 Å². The number of hydrogen-bond donors (Lipinski definition) is 1. The summed E-state index contributed by atoms with van der Waals surface area (Å²) in [6.07, 6.45) is 3.02. The Morgan fingerprint density at radius 1 is 1.09 bits per heavy atom. The second-order valence-corrected chi connectivity index (χ2v) is 7.85. The van der Waals surface area contributed by atoms with E-state index in [0.29, 0.717) is 49.5 Å². The Labute approximate surface area is 187 Å². The highest BCUT2D eigenvalue weighted by molar-refractivity contribution is 5.97. The number of carbonyl (C=O) groups is 2. The van der Waals surface area contributed by atoms with E-state index >= 15 is 0 Å². The fourth-order valence-electron chi connectivity index (χ4n) is 3.77. The summed E-state index contributed by atoms with van der Waals surface area (Å²) in [4.78, 5) is 27.3. The Morgan fingerprint density at radius 3 is 2.53 bits per heavy atom. The van der Waals surface area contributed by atoms with E-state index in [1.807, 2.05) is 50.2 Å². The molecule has 2 aromatic carbocycles. The first-order valence-corrected chi connectivity index (χ1v) is 10.9. The molecular weight excluding hydrogens is 406 g/mol. The number of rotatable bonds is 6. The van der Waals surface area contributed by atoms with Gasteiger partial charge >= 0.3 is 0 Å². The molecule has 0 bridgehead atoms. The van der Waals surface area contributed by atoms with Crippen LogP contribution < -0.4 is 10.1 Å². The maximum atomic E-state index is 12.9. The van der Waals surface area contributed by atoms with E-state index in [0.717, 1.165) is 11.3 Å². The molecule has 1 fully saturated rings. The maximum Gasteiger partial charge on any atom is 0.276 e. The molecule has 3 aromatic rings. The smallest absolute Gasteiger partial charge is 0.276 e. The zero-order chi connectivity index (χ0) is 22.5. The third kappa shape index (κ3) is 4.80. The van der Waals surface area contributed by atoms with Crippen LogP contribution in [0.15, 0.2) is 54.7 Å². The van der Waals surface area contributed by atoms with Crippen molar-refractivity contribution in [1.82, 2.24) is 25.2 Å². The predicted octanol–water partition coefficient (Wildman–Crippen LogP) is 3.01. The highest BCUT2D eigenvalue weighted by Gasteiger charge is 2.27. The number of aryl methyl sites for hydroxylation is 1. The molecule has 0 radical (unpaired) electrons. The van der Waals surface area contributed by atoms with E-state index in [2.05, 4.69) is 15.6 Å². The SMILES string of the molecule is CCOc1ccccc1C(=O)NC1CCN(C(=O)c2cn(-c3ccc(C)cc3)nn2)CC1. The summed E-state index contributed by atoms with van der Waals surface area (Å²) in [6, 6.07) is 15.1. The number of aromatic nitrogens is 3. The highest BCUT2D eigenvalue weighted by Crippen LogP contribution is 2.20. The van der Waals surface area contributed by atoms with Crippen LogP contribution >= 0.6 is 0 Å². The van der Waals surface area contributed by atoms with E-state index in [1.54, 1.807) is 27.9 Å². The number of amides is 2. The molecule has 1 aliphatic rings. The van der Waals surface area contributed by atoms with Crippen LogP contribution in [0.5, 0.6) is 5.75 Å². The monoisotopic (exact) mass is 433 g/mol. The number of hydrogen-bond acceptors (Lipinski definition) is 5. The van der Waals surface area contributed by atoms with Gasteiger partial charge in [0.1, 0.15) is 5.75 Å². The second kappa shape index (κ2) is 9.64. The van der Waals surface area contributed by atoms with Crippen LogP contribution in [0.3, 0.4) is 0 Å².